The molecular formula is C29H44O3. The molecule has 0 saturated heterocycles. The van der Waals surface area contributed by atoms with Gasteiger partial charge in [-0.1, -0.05) is 60.1 Å². The highest BCUT2D eigenvalue weighted by atomic mass is 16.4. The monoisotopic (exact) mass is 440 g/mol. The van der Waals surface area contributed by atoms with Gasteiger partial charge in [0, 0.05) is 11.8 Å². The van der Waals surface area contributed by atoms with E-state index in [1.807, 2.05) is 0 Å². The molecule has 4 saturated carbocycles. The summed E-state index contributed by atoms with van der Waals surface area (Å²) in [5, 5.41) is 10.5. The number of hydrogen-bond donors (Lipinski definition) is 1. The fraction of sp³-hybridized carbons (Fsp3) is 0.862. The zero-order valence-corrected chi connectivity index (χ0v) is 21.4. The molecule has 178 valence electrons. The van der Waals surface area contributed by atoms with Gasteiger partial charge < -0.3 is 5.11 Å². The maximum Gasteiger partial charge on any atom is 0.310 e. The third-order valence-corrected chi connectivity index (χ3v) is 12.5. The molecule has 0 amide bonds. The van der Waals surface area contributed by atoms with E-state index in [1.54, 1.807) is 0 Å². The summed E-state index contributed by atoms with van der Waals surface area (Å²) in [4.78, 5) is 25.8. The second-order valence-electron chi connectivity index (χ2n) is 14.5. The van der Waals surface area contributed by atoms with Crippen LogP contribution in [-0.4, -0.2) is 16.9 Å². The maximum absolute atomic E-state index is 13.1. The average molecular weight is 441 g/mol. The lowest BCUT2D eigenvalue weighted by Gasteiger charge is -2.68. The Labute approximate surface area is 194 Å². The molecule has 0 heterocycles. The fourth-order valence-electron chi connectivity index (χ4n) is 10.2. The molecule has 32 heavy (non-hydrogen) atoms. The van der Waals surface area contributed by atoms with E-state index < -0.39 is 11.4 Å². The molecular weight excluding hydrogens is 396 g/mol. The van der Waals surface area contributed by atoms with Crippen molar-refractivity contribution in [3.8, 4) is 0 Å². The van der Waals surface area contributed by atoms with Crippen LogP contribution in [0.4, 0.5) is 0 Å². The number of carbonyl (C=O) groups is 2. The van der Waals surface area contributed by atoms with Crippen molar-refractivity contribution in [2.24, 2.45) is 50.2 Å². The van der Waals surface area contributed by atoms with Crippen LogP contribution in [0.5, 0.6) is 0 Å². The second-order valence-corrected chi connectivity index (χ2v) is 14.5. The Bertz CT molecular complexity index is 911. The van der Waals surface area contributed by atoms with Crippen molar-refractivity contribution in [2.75, 3.05) is 0 Å². The molecule has 5 aliphatic carbocycles. The summed E-state index contributed by atoms with van der Waals surface area (Å²) in [5.41, 5.74) is 1.13. The van der Waals surface area contributed by atoms with Crippen LogP contribution in [0.25, 0.3) is 0 Å². The molecule has 4 fully saturated rings. The lowest BCUT2D eigenvalue weighted by molar-refractivity contribution is -0.172. The number of hydrogen-bond acceptors (Lipinski definition) is 2. The third kappa shape index (κ3) is 2.49. The summed E-state index contributed by atoms with van der Waals surface area (Å²) in [6.07, 6.45) is 11.1. The first-order valence-corrected chi connectivity index (χ1v) is 13.1. The van der Waals surface area contributed by atoms with Crippen LogP contribution in [0.1, 0.15) is 106 Å². The van der Waals surface area contributed by atoms with Crippen LogP contribution < -0.4 is 0 Å². The normalized spacial score (nSPS) is 51.0. The number of allylic oxidation sites excluding steroid dienone is 2. The van der Waals surface area contributed by atoms with E-state index in [2.05, 4.69) is 54.5 Å². The summed E-state index contributed by atoms with van der Waals surface area (Å²) in [6.45, 7) is 16.4. The quantitative estimate of drug-likeness (QED) is 0.444. The molecule has 7 atom stereocenters. The van der Waals surface area contributed by atoms with E-state index >= 15 is 0 Å². The van der Waals surface area contributed by atoms with E-state index in [1.165, 1.54) is 12.0 Å². The van der Waals surface area contributed by atoms with Gasteiger partial charge >= 0.3 is 5.97 Å². The molecule has 0 aromatic carbocycles. The third-order valence-electron chi connectivity index (χ3n) is 12.5. The molecule has 3 unspecified atom stereocenters. The van der Waals surface area contributed by atoms with Gasteiger partial charge in [-0.25, -0.2) is 0 Å². The molecule has 5 aliphatic rings. The van der Waals surface area contributed by atoms with Gasteiger partial charge in [-0.15, -0.1) is 0 Å². The number of carboxylic acids is 1. The van der Waals surface area contributed by atoms with Gasteiger partial charge in [0.05, 0.1) is 5.41 Å². The minimum Gasteiger partial charge on any atom is -0.481 e. The Morgan fingerprint density at radius 1 is 0.938 bits per heavy atom. The number of carboxylic acid groups (broad SMARTS) is 1. The van der Waals surface area contributed by atoms with E-state index in [-0.39, 0.29) is 33.0 Å². The van der Waals surface area contributed by atoms with E-state index in [0.717, 1.165) is 51.4 Å². The molecule has 3 nitrogen and oxygen atoms in total. The lowest BCUT2D eigenvalue weighted by Crippen LogP contribution is -2.62. The largest absolute Gasteiger partial charge is 0.481 e. The first-order valence-electron chi connectivity index (χ1n) is 13.1. The van der Waals surface area contributed by atoms with Crippen molar-refractivity contribution < 1.29 is 14.7 Å². The van der Waals surface area contributed by atoms with E-state index in [0.29, 0.717) is 17.6 Å². The SMILES string of the molecule is CC1(C)CC[C@]2(C(=O)O)CC[C@]3(C)C(=CCC4[C@@]5(C)CC(=O)C(C)(C)C5CC[C@]43C)C2C1. The van der Waals surface area contributed by atoms with Gasteiger partial charge in [0.1, 0.15) is 5.78 Å². The number of rotatable bonds is 1. The van der Waals surface area contributed by atoms with Crippen molar-refractivity contribution >= 4 is 11.8 Å². The van der Waals surface area contributed by atoms with Gasteiger partial charge in [-0.3, -0.25) is 9.59 Å². The molecule has 5 rings (SSSR count). The summed E-state index contributed by atoms with van der Waals surface area (Å²) in [6, 6.07) is 0. The first-order chi connectivity index (χ1) is 14.6. The van der Waals surface area contributed by atoms with Crippen LogP contribution in [-0.2, 0) is 9.59 Å². The molecule has 0 aliphatic heterocycles. The maximum atomic E-state index is 13.1. The number of fused-ring (bicyclic) bond motifs is 7. The van der Waals surface area contributed by atoms with Crippen molar-refractivity contribution in [2.45, 2.75) is 106 Å². The minimum atomic E-state index is -0.573. The number of aliphatic carboxylic acids is 1. The number of Topliss-reactive ketones (excluding diaryl/α,β-unsaturated/α-hetero) is 1. The number of carbonyl (C=O) groups excluding carboxylic acids is 1. The second kappa shape index (κ2) is 6.30. The average Bonchev–Trinajstić information content (AvgIpc) is 2.85. The minimum absolute atomic E-state index is 0.0384. The Balaban J connectivity index is 1.62. The topological polar surface area (TPSA) is 54.4 Å². The Hall–Kier alpha value is -1.12. The highest BCUT2D eigenvalue weighted by Crippen LogP contribution is 2.76. The summed E-state index contributed by atoms with van der Waals surface area (Å²) < 4.78 is 0. The highest BCUT2D eigenvalue weighted by molar-refractivity contribution is 5.88. The van der Waals surface area contributed by atoms with Gasteiger partial charge in [0.25, 0.3) is 0 Å². The van der Waals surface area contributed by atoms with Crippen molar-refractivity contribution in [3.63, 3.8) is 0 Å². The van der Waals surface area contributed by atoms with Crippen LogP contribution >= 0.6 is 0 Å². The Morgan fingerprint density at radius 3 is 2.25 bits per heavy atom. The fourth-order valence-corrected chi connectivity index (χ4v) is 10.2. The summed E-state index contributed by atoms with van der Waals surface area (Å²) in [7, 11) is 0. The first kappa shape index (κ1) is 22.7. The van der Waals surface area contributed by atoms with Crippen LogP contribution in [0.3, 0.4) is 0 Å². The summed E-state index contributed by atoms with van der Waals surface area (Å²) in [5.74, 6) is 1.02. The zero-order valence-electron chi connectivity index (χ0n) is 21.4. The molecule has 3 heteroatoms. The lowest BCUT2D eigenvalue weighted by atomic mass is 9.36. The van der Waals surface area contributed by atoms with Crippen molar-refractivity contribution in [1.82, 2.24) is 0 Å². The highest BCUT2D eigenvalue weighted by Gasteiger charge is 2.70. The summed E-state index contributed by atoms with van der Waals surface area (Å²) >= 11 is 0. The molecule has 0 aromatic heterocycles. The van der Waals surface area contributed by atoms with Gasteiger partial charge in [0.2, 0.25) is 0 Å². The van der Waals surface area contributed by atoms with E-state index in [4.69, 9.17) is 0 Å². The van der Waals surface area contributed by atoms with Crippen molar-refractivity contribution in [3.05, 3.63) is 11.6 Å². The van der Waals surface area contributed by atoms with E-state index in [9.17, 15) is 14.7 Å². The zero-order chi connectivity index (χ0) is 23.5. The number of ketones is 1. The predicted octanol–water partition coefficient (Wildman–Crippen LogP) is 7.05. The smallest absolute Gasteiger partial charge is 0.310 e. The molecule has 0 spiro atoms. The molecule has 0 aromatic rings. The van der Waals surface area contributed by atoms with Crippen LogP contribution in [0.2, 0.25) is 0 Å². The van der Waals surface area contributed by atoms with Gasteiger partial charge in [0.15, 0.2) is 0 Å². The Kier molecular flexibility index (Phi) is 4.46. The van der Waals surface area contributed by atoms with Crippen LogP contribution in [0, 0.1) is 50.2 Å². The molecule has 0 bridgehead atoms. The van der Waals surface area contributed by atoms with Crippen molar-refractivity contribution in [1.29, 1.82) is 0 Å². The molecule has 0 radical (unpaired) electrons. The molecule has 1 N–H and O–H groups in total. The van der Waals surface area contributed by atoms with Crippen LogP contribution in [0.15, 0.2) is 11.6 Å². The predicted molar refractivity (Wildman–Crippen MR) is 127 cm³/mol. The standard InChI is InChI=1S/C29H44O3/c1-24(2)12-14-29(23(31)32)15-13-27(6)18(19(29)16-24)8-9-21-26(5)17-22(30)25(3,4)20(26)10-11-28(21,27)7/h8,19-21H,9-17H2,1-7H3,(H,31,32)/t19?,20?,21?,26-,27+,28+,29-/m0/s1. The Morgan fingerprint density at radius 2 is 1.59 bits per heavy atom. The van der Waals surface area contributed by atoms with Gasteiger partial charge in [-0.2, -0.15) is 0 Å². The van der Waals surface area contributed by atoms with Gasteiger partial charge in [-0.05, 0) is 90.8 Å².